The van der Waals surface area contributed by atoms with Crippen molar-refractivity contribution in [3.63, 3.8) is 0 Å². The highest BCUT2D eigenvalue weighted by Gasteiger charge is 2.23. The highest BCUT2D eigenvalue weighted by atomic mass is 16.2. The van der Waals surface area contributed by atoms with Gasteiger partial charge >= 0.3 is 0 Å². The zero-order valence-corrected chi connectivity index (χ0v) is 7.29. The highest BCUT2D eigenvalue weighted by molar-refractivity contribution is 5.95. The summed E-state index contributed by atoms with van der Waals surface area (Å²) in [6.07, 6.45) is 0.943. The zero-order valence-electron chi connectivity index (χ0n) is 7.29. The van der Waals surface area contributed by atoms with Gasteiger partial charge in [0.25, 0.3) is 0 Å². The largest absolute Gasteiger partial charge is 0.325 e. The second-order valence-corrected chi connectivity index (χ2v) is 3.15. The Morgan fingerprint density at radius 1 is 1.38 bits per heavy atom. The van der Waals surface area contributed by atoms with Gasteiger partial charge in [-0.3, -0.25) is 4.79 Å². The molecule has 1 atom stereocenters. The number of amides is 1. The second kappa shape index (κ2) is 3.58. The van der Waals surface area contributed by atoms with Gasteiger partial charge in [0, 0.05) is 5.69 Å². The third kappa shape index (κ3) is 1.87. The number of anilines is 1. The Balaban J connectivity index is 1.94. The van der Waals surface area contributed by atoms with Crippen LogP contribution in [0.2, 0.25) is 0 Å². The van der Waals surface area contributed by atoms with E-state index < -0.39 is 0 Å². The predicted octanol–water partition coefficient (Wildman–Crippen LogP) is 0.987. The molecule has 1 aliphatic rings. The van der Waals surface area contributed by atoms with Crippen molar-refractivity contribution in [3.8, 4) is 0 Å². The Kier molecular flexibility index (Phi) is 2.27. The van der Waals surface area contributed by atoms with Crippen molar-refractivity contribution in [1.82, 2.24) is 5.32 Å². The van der Waals surface area contributed by atoms with E-state index in [0.717, 1.165) is 18.7 Å². The van der Waals surface area contributed by atoms with Crippen LogP contribution in [0.25, 0.3) is 0 Å². The first-order valence-corrected chi connectivity index (χ1v) is 4.45. The molecule has 3 nitrogen and oxygen atoms in total. The standard InChI is InChI=1S/C10H12N2O/c13-10(9-6-7-11-9)12-8-4-2-1-3-5-8/h1-5,9,11H,6-7H2,(H,12,13)/t9-/m0/s1. The number of carbonyl (C=O) groups excluding carboxylic acids is 1. The molecule has 0 saturated carbocycles. The smallest absolute Gasteiger partial charge is 0.241 e. The van der Waals surface area contributed by atoms with E-state index in [9.17, 15) is 4.79 Å². The minimum atomic E-state index is 0.0141. The molecule has 1 amide bonds. The van der Waals surface area contributed by atoms with E-state index in [2.05, 4.69) is 10.6 Å². The molecule has 1 aromatic rings. The predicted molar refractivity (Wildman–Crippen MR) is 51.5 cm³/mol. The number of nitrogens with one attached hydrogen (secondary N) is 2. The summed E-state index contributed by atoms with van der Waals surface area (Å²) in [5.41, 5.74) is 0.862. The van der Waals surface area contributed by atoms with Crippen LogP contribution in [-0.4, -0.2) is 18.5 Å². The third-order valence-electron chi connectivity index (χ3n) is 2.18. The van der Waals surface area contributed by atoms with Crippen LogP contribution in [0.4, 0.5) is 5.69 Å². The van der Waals surface area contributed by atoms with Crippen molar-refractivity contribution >= 4 is 11.6 Å². The molecule has 1 fully saturated rings. The fourth-order valence-electron chi connectivity index (χ4n) is 1.26. The fraction of sp³-hybridized carbons (Fsp3) is 0.300. The highest BCUT2D eigenvalue weighted by Crippen LogP contribution is 2.08. The first-order chi connectivity index (χ1) is 6.36. The molecule has 13 heavy (non-hydrogen) atoms. The van der Waals surface area contributed by atoms with Crippen molar-refractivity contribution in [1.29, 1.82) is 0 Å². The van der Waals surface area contributed by atoms with Crippen LogP contribution in [0.5, 0.6) is 0 Å². The van der Waals surface area contributed by atoms with Gasteiger partial charge in [-0.15, -0.1) is 0 Å². The van der Waals surface area contributed by atoms with Crippen LogP contribution in [-0.2, 0) is 4.79 Å². The molecule has 0 radical (unpaired) electrons. The molecule has 0 spiro atoms. The molecule has 1 saturated heterocycles. The van der Waals surface area contributed by atoms with Gasteiger partial charge in [0.15, 0.2) is 0 Å². The van der Waals surface area contributed by atoms with E-state index in [1.165, 1.54) is 0 Å². The van der Waals surface area contributed by atoms with Crippen LogP contribution in [0.3, 0.4) is 0 Å². The minimum Gasteiger partial charge on any atom is -0.325 e. The second-order valence-electron chi connectivity index (χ2n) is 3.15. The Morgan fingerprint density at radius 2 is 2.08 bits per heavy atom. The van der Waals surface area contributed by atoms with E-state index in [1.807, 2.05) is 30.3 Å². The van der Waals surface area contributed by atoms with Crippen LogP contribution >= 0.6 is 0 Å². The molecule has 0 aliphatic carbocycles. The molecule has 2 rings (SSSR count). The molecule has 0 unspecified atom stereocenters. The van der Waals surface area contributed by atoms with E-state index in [1.54, 1.807) is 0 Å². The van der Waals surface area contributed by atoms with Gasteiger partial charge in [-0.05, 0) is 25.1 Å². The number of carbonyl (C=O) groups is 1. The van der Waals surface area contributed by atoms with Gasteiger partial charge in [-0.1, -0.05) is 18.2 Å². The first kappa shape index (κ1) is 8.26. The number of rotatable bonds is 2. The average Bonchev–Trinajstić information content (AvgIpc) is 2.02. The van der Waals surface area contributed by atoms with Gasteiger partial charge in [0.1, 0.15) is 0 Å². The normalized spacial score (nSPS) is 20.5. The zero-order chi connectivity index (χ0) is 9.10. The van der Waals surface area contributed by atoms with E-state index in [-0.39, 0.29) is 11.9 Å². The maximum atomic E-state index is 11.4. The molecular weight excluding hydrogens is 164 g/mol. The van der Waals surface area contributed by atoms with Gasteiger partial charge in [0.05, 0.1) is 6.04 Å². The first-order valence-electron chi connectivity index (χ1n) is 4.45. The van der Waals surface area contributed by atoms with Crippen LogP contribution in [0.15, 0.2) is 30.3 Å². The lowest BCUT2D eigenvalue weighted by Crippen LogP contribution is -2.50. The molecule has 0 aromatic heterocycles. The molecule has 1 aromatic carbocycles. The number of benzene rings is 1. The number of hydrogen-bond donors (Lipinski definition) is 2. The van der Waals surface area contributed by atoms with Crippen LogP contribution in [0, 0.1) is 0 Å². The Hall–Kier alpha value is -1.35. The molecule has 3 heteroatoms. The Bertz CT molecular complexity index is 293. The summed E-state index contributed by atoms with van der Waals surface area (Å²) < 4.78 is 0. The summed E-state index contributed by atoms with van der Waals surface area (Å²) in [6.45, 7) is 0.951. The summed E-state index contributed by atoms with van der Waals surface area (Å²) in [6, 6.07) is 9.53. The molecule has 0 bridgehead atoms. The minimum absolute atomic E-state index is 0.0141. The maximum Gasteiger partial charge on any atom is 0.241 e. The van der Waals surface area contributed by atoms with Gasteiger partial charge < -0.3 is 10.6 Å². The maximum absolute atomic E-state index is 11.4. The monoisotopic (exact) mass is 176 g/mol. The van der Waals surface area contributed by atoms with Crippen LogP contribution < -0.4 is 10.6 Å². The quantitative estimate of drug-likeness (QED) is 0.705. The summed E-state index contributed by atoms with van der Waals surface area (Å²) in [4.78, 5) is 11.4. The van der Waals surface area contributed by atoms with Crippen molar-refractivity contribution in [2.24, 2.45) is 0 Å². The van der Waals surface area contributed by atoms with Crippen molar-refractivity contribution in [2.45, 2.75) is 12.5 Å². The van der Waals surface area contributed by atoms with E-state index >= 15 is 0 Å². The van der Waals surface area contributed by atoms with Gasteiger partial charge in [0.2, 0.25) is 5.91 Å². The average molecular weight is 176 g/mol. The lowest BCUT2D eigenvalue weighted by atomic mass is 10.1. The summed E-state index contributed by atoms with van der Waals surface area (Å²) in [5, 5.41) is 5.90. The molecular formula is C10H12N2O. The van der Waals surface area contributed by atoms with Gasteiger partial charge in [-0.25, -0.2) is 0 Å². The third-order valence-corrected chi connectivity index (χ3v) is 2.18. The number of hydrogen-bond acceptors (Lipinski definition) is 2. The summed E-state index contributed by atoms with van der Waals surface area (Å²) in [5.74, 6) is 0.0671. The summed E-state index contributed by atoms with van der Waals surface area (Å²) in [7, 11) is 0. The van der Waals surface area contributed by atoms with Crippen LogP contribution in [0.1, 0.15) is 6.42 Å². The molecule has 2 N–H and O–H groups in total. The Labute approximate surface area is 77.1 Å². The fourth-order valence-corrected chi connectivity index (χ4v) is 1.26. The Morgan fingerprint density at radius 3 is 2.62 bits per heavy atom. The number of para-hydroxylation sites is 1. The van der Waals surface area contributed by atoms with Crippen molar-refractivity contribution < 1.29 is 4.79 Å². The topological polar surface area (TPSA) is 41.1 Å². The molecule has 1 aliphatic heterocycles. The van der Waals surface area contributed by atoms with E-state index in [4.69, 9.17) is 0 Å². The van der Waals surface area contributed by atoms with E-state index in [0.29, 0.717) is 0 Å². The SMILES string of the molecule is O=C(Nc1ccccc1)[C@@H]1CCN1. The molecule has 68 valence electrons. The lowest BCUT2D eigenvalue weighted by Gasteiger charge is -2.26. The van der Waals surface area contributed by atoms with Gasteiger partial charge in [-0.2, -0.15) is 0 Å². The molecule has 1 heterocycles. The summed E-state index contributed by atoms with van der Waals surface area (Å²) >= 11 is 0. The van der Waals surface area contributed by atoms with Crippen molar-refractivity contribution in [2.75, 3.05) is 11.9 Å². The lowest BCUT2D eigenvalue weighted by molar-refractivity contribution is -0.119. The van der Waals surface area contributed by atoms with Crippen molar-refractivity contribution in [3.05, 3.63) is 30.3 Å².